The molecule has 0 unspecified atom stereocenters. The molecule has 2 rings (SSSR count). The SMILES string of the molecule is [2H]C([2H])([2H])C(c1cc(Cc2c(Cl)cc(N)cc2Cl)n[nH]c1=O)C([2H])([2H])[2H]. The molecule has 20 heavy (non-hydrogen) atoms. The molecule has 1 aromatic heterocycles. The topological polar surface area (TPSA) is 71.8 Å². The van der Waals surface area contributed by atoms with Crippen LogP contribution in [0, 0.1) is 0 Å². The van der Waals surface area contributed by atoms with Crippen molar-refractivity contribution < 1.29 is 8.22 Å². The van der Waals surface area contributed by atoms with E-state index in [9.17, 15) is 4.79 Å². The van der Waals surface area contributed by atoms with Gasteiger partial charge in [-0.25, -0.2) is 5.10 Å². The molecule has 2 aromatic rings. The van der Waals surface area contributed by atoms with E-state index in [2.05, 4.69) is 10.2 Å². The third kappa shape index (κ3) is 3.14. The molecule has 0 amide bonds. The van der Waals surface area contributed by atoms with Crippen molar-refractivity contribution in [1.82, 2.24) is 10.2 Å². The van der Waals surface area contributed by atoms with Crippen LogP contribution in [0.5, 0.6) is 0 Å². The van der Waals surface area contributed by atoms with Crippen molar-refractivity contribution in [2.75, 3.05) is 5.73 Å². The molecule has 0 spiro atoms. The van der Waals surface area contributed by atoms with E-state index < -0.39 is 30.7 Å². The summed E-state index contributed by atoms with van der Waals surface area (Å²) in [4.78, 5) is 12.1. The van der Waals surface area contributed by atoms with Gasteiger partial charge in [0.2, 0.25) is 0 Å². The molecule has 0 bridgehead atoms. The monoisotopic (exact) mass is 317 g/mol. The molecular formula is C14H15Cl2N3O. The van der Waals surface area contributed by atoms with E-state index in [4.69, 9.17) is 37.2 Å². The average molecular weight is 318 g/mol. The second-order valence-corrected chi connectivity index (χ2v) is 5.03. The first-order valence-corrected chi connectivity index (χ1v) is 6.38. The minimum absolute atomic E-state index is 0.0520. The predicted molar refractivity (Wildman–Crippen MR) is 82.6 cm³/mol. The van der Waals surface area contributed by atoms with Crippen LogP contribution in [0.2, 0.25) is 10.0 Å². The maximum Gasteiger partial charge on any atom is 0.267 e. The van der Waals surface area contributed by atoms with Gasteiger partial charge in [-0.15, -0.1) is 0 Å². The lowest BCUT2D eigenvalue weighted by molar-refractivity contribution is 0.801. The van der Waals surface area contributed by atoms with Crippen molar-refractivity contribution in [3.05, 3.63) is 55.4 Å². The summed E-state index contributed by atoms with van der Waals surface area (Å²) in [7, 11) is 0. The van der Waals surface area contributed by atoms with Gasteiger partial charge in [0.15, 0.2) is 0 Å². The van der Waals surface area contributed by atoms with Gasteiger partial charge in [0.25, 0.3) is 5.56 Å². The lowest BCUT2D eigenvalue weighted by atomic mass is 10.0. The zero-order chi connectivity index (χ0) is 19.9. The Hall–Kier alpha value is -1.52. The van der Waals surface area contributed by atoms with E-state index >= 15 is 0 Å². The Morgan fingerprint density at radius 3 is 2.60 bits per heavy atom. The number of H-pyrrole nitrogens is 1. The number of nitrogens with zero attached hydrogens (tertiary/aromatic N) is 1. The Balaban J connectivity index is 2.53. The Labute approximate surface area is 135 Å². The summed E-state index contributed by atoms with van der Waals surface area (Å²) in [6, 6.07) is 4.14. The summed E-state index contributed by atoms with van der Waals surface area (Å²) in [5.74, 6) is -1.95. The zero-order valence-corrected chi connectivity index (χ0v) is 11.7. The zero-order valence-electron chi connectivity index (χ0n) is 16.2. The van der Waals surface area contributed by atoms with Gasteiger partial charge in [-0.05, 0) is 29.7 Å². The lowest BCUT2D eigenvalue weighted by Crippen LogP contribution is -2.17. The van der Waals surface area contributed by atoms with E-state index in [1.807, 2.05) is 0 Å². The largest absolute Gasteiger partial charge is 0.399 e. The summed E-state index contributed by atoms with van der Waals surface area (Å²) in [5, 5.41) is 6.52. The van der Waals surface area contributed by atoms with E-state index in [-0.39, 0.29) is 22.2 Å². The number of halogens is 2. The predicted octanol–water partition coefficient (Wildman–Crippen LogP) is 3.37. The van der Waals surface area contributed by atoms with Crippen molar-refractivity contribution in [1.29, 1.82) is 0 Å². The molecule has 0 aliphatic rings. The maximum atomic E-state index is 12.1. The summed E-state index contributed by atoms with van der Waals surface area (Å²) >= 11 is 12.2. The number of hydrogen-bond acceptors (Lipinski definition) is 3. The van der Waals surface area contributed by atoms with Gasteiger partial charge in [0.05, 0.1) is 5.69 Å². The van der Waals surface area contributed by atoms with Crippen molar-refractivity contribution in [2.45, 2.75) is 26.0 Å². The molecule has 3 N–H and O–H groups in total. The number of aromatic nitrogens is 2. The van der Waals surface area contributed by atoms with Crippen LogP contribution in [0.25, 0.3) is 0 Å². The van der Waals surface area contributed by atoms with Crippen molar-refractivity contribution in [2.24, 2.45) is 0 Å². The van der Waals surface area contributed by atoms with E-state index in [1.54, 1.807) is 0 Å². The first-order valence-electron chi connectivity index (χ1n) is 8.62. The normalized spacial score (nSPS) is 16.8. The first kappa shape index (κ1) is 8.70. The fourth-order valence-corrected chi connectivity index (χ4v) is 2.38. The van der Waals surface area contributed by atoms with Gasteiger partial charge in [0, 0.05) is 35.9 Å². The van der Waals surface area contributed by atoms with E-state index in [1.165, 1.54) is 12.1 Å². The number of nitrogen functional groups attached to an aromatic ring is 1. The van der Waals surface area contributed by atoms with Gasteiger partial charge in [-0.3, -0.25) is 4.79 Å². The van der Waals surface area contributed by atoms with E-state index in [0.717, 1.165) is 6.07 Å². The molecule has 1 aromatic carbocycles. The van der Waals surface area contributed by atoms with Crippen LogP contribution in [0.4, 0.5) is 5.69 Å². The van der Waals surface area contributed by atoms with Crippen LogP contribution < -0.4 is 11.3 Å². The number of anilines is 1. The van der Waals surface area contributed by atoms with Gasteiger partial charge in [-0.1, -0.05) is 36.9 Å². The molecule has 6 heteroatoms. The fourth-order valence-electron chi connectivity index (χ4n) is 1.74. The number of rotatable bonds is 3. The van der Waals surface area contributed by atoms with Gasteiger partial charge >= 0.3 is 0 Å². The minimum atomic E-state index is -2.90. The third-order valence-electron chi connectivity index (χ3n) is 2.72. The highest BCUT2D eigenvalue weighted by atomic mass is 35.5. The second-order valence-electron chi connectivity index (χ2n) is 4.22. The second kappa shape index (κ2) is 5.85. The number of aromatic amines is 1. The minimum Gasteiger partial charge on any atom is -0.399 e. The molecule has 0 saturated heterocycles. The van der Waals surface area contributed by atoms with Crippen LogP contribution in [-0.4, -0.2) is 10.2 Å². The third-order valence-corrected chi connectivity index (χ3v) is 3.39. The summed E-state index contributed by atoms with van der Waals surface area (Å²) in [6.07, 6.45) is 0.0520. The first-order chi connectivity index (χ1) is 11.8. The quantitative estimate of drug-likeness (QED) is 0.852. The summed E-state index contributed by atoms with van der Waals surface area (Å²) < 4.78 is 45.0. The van der Waals surface area contributed by atoms with Crippen LogP contribution in [-0.2, 0) is 6.42 Å². The lowest BCUT2D eigenvalue weighted by Gasteiger charge is -2.09. The van der Waals surface area contributed by atoms with E-state index in [0.29, 0.717) is 11.3 Å². The highest BCUT2D eigenvalue weighted by Gasteiger charge is 2.12. The van der Waals surface area contributed by atoms with Gasteiger partial charge in [-0.2, -0.15) is 5.10 Å². The smallest absolute Gasteiger partial charge is 0.267 e. The Morgan fingerprint density at radius 2 is 2.00 bits per heavy atom. The maximum absolute atomic E-state index is 12.1. The van der Waals surface area contributed by atoms with Gasteiger partial charge in [0.1, 0.15) is 0 Å². The molecule has 4 nitrogen and oxygen atoms in total. The molecular weight excluding hydrogens is 297 g/mol. The molecule has 0 radical (unpaired) electrons. The fraction of sp³-hybridized carbons (Fsp3) is 0.286. The standard InChI is InChI=1S/C14H15Cl2N3O/c1-7(2)10-5-9(18-19-14(10)20)6-11-12(15)3-8(17)4-13(11)16/h3-5,7H,6,17H2,1-2H3,(H,19,20)/i1D3,2D3. The molecule has 0 aliphatic heterocycles. The molecule has 0 atom stereocenters. The Kier molecular flexibility index (Phi) is 2.55. The molecule has 106 valence electrons. The molecule has 0 saturated carbocycles. The van der Waals surface area contributed by atoms with Crippen molar-refractivity contribution >= 4 is 28.9 Å². The molecule has 0 aliphatic carbocycles. The highest BCUT2D eigenvalue weighted by molar-refractivity contribution is 6.36. The number of benzene rings is 1. The Morgan fingerprint density at radius 1 is 1.35 bits per heavy atom. The summed E-state index contributed by atoms with van der Waals surface area (Å²) in [5.41, 5.74) is 5.42. The van der Waals surface area contributed by atoms with Crippen LogP contribution >= 0.6 is 23.2 Å². The van der Waals surface area contributed by atoms with Crippen LogP contribution in [0.15, 0.2) is 23.0 Å². The Bertz CT molecular complexity index is 841. The molecule has 1 heterocycles. The molecule has 0 fully saturated rings. The highest BCUT2D eigenvalue weighted by Crippen LogP contribution is 2.29. The van der Waals surface area contributed by atoms with Crippen molar-refractivity contribution in [3.63, 3.8) is 0 Å². The van der Waals surface area contributed by atoms with Crippen LogP contribution in [0.1, 0.15) is 44.7 Å². The average Bonchev–Trinajstić information content (AvgIpc) is 2.43. The number of hydrogen-bond donors (Lipinski definition) is 2. The number of nitrogens with two attached hydrogens (primary N) is 1. The number of nitrogens with one attached hydrogen (secondary N) is 1. The van der Waals surface area contributed by atoms with Crippen molar-refractivity contribution in [3.8, 4) is 0 Å². The van der Waals surface area contributed by atoms with Gasteiger partial charge < -0.3 is 5.73 Å². The van der Waals surface area contributed by atoms with Crippen LogP contribution in [0.3, 0.4) is 0 Å². The summed E-state index contributed by atoms with van der Waals surface area (Å²) in [6.45, 7) is -5.79.